The summed E-state index contributed by atoms with van der Waals surface area (Å²) in [6.07, 6.45) is 7.72. The lowest BCUT2D eigenvalue weighted by Crippen LogP contribution is -2.37. The molecular formula is C12H21NOS2. The van der Waals surface area contributed by atoms with Gasteiger partial charge in [-0.1, -0.05) is 56.6 Å². The van der Waals surface area contributed by atoms with Gasteiger partial charge in [0.1, 0.15) is 4.32 Å². The van der Waals surface area contributed by atoms with Gasteiger partial charge in [0.2, 0.25) is 5.91 Å². The van der Waals surface area contributed by atoms with Crippen LogP contribution in [0.1, 0.15) is 51.9 Å². The first-order chi connectivity index (χ1) is 7.75. The van der Waals surface area contributed by atoms with Crippen molar-refractivity contribution in [2.24, 2.45) is 0 Å². The Morgan fingerprint density at radius 3 is 2.81 bits per heavy atom. The summed E-state index contributed by atoms with van der Waals surface area (Å²) in [5, 5.41) is 0. The molecule has 0 radical (unpaired) electrons. The lowest BCUT2D eigenvalue weighted by molar-refractivity contribution is -0.127. The van der Waals surface area contributed by atoms with E-state index >= 15 is 0 Å². The fourth-order valence-corrected chi connectivity index (χ4v) is 3.03. The van der Waals surface area contributed by atoms with Crippen molar-refractivity contribution in [3.05, 3.63) is 0 Å². The molecule has 0 aliphatic carbocycles. The minimum Gasteiger partial charge on any atom is -0.298 e. The van der Waals surface area contributed by atoms with Crippen LogP contribution in [-0.2, 0) is 4.79 Å². The summed E-state index contributed by atoms with van der Waals surface area (Å²) in [6.45, 7) is 3.04. The van der Waals surface area contributed by atoms with Crippen LogP contribution in [0.2, 0.25) is 0 Å². The van der Waals surface area contributed by atoms with Crippen molar-refractivity contribution in [3.8, 4) is 0 Å². The Hall–Kier alpha value is -0.0900. The van der Waals surface area contributed by atoms with Crippen LogP contribution in [0.3, 0.4) is 0 Å². The van der Waals surface area contributed by atoms with Crippen molar-refractivity contribution >= 4 is 34.2 Å². The fourth-order valence-electron chi connectivity index (χ4n) is 1.79. The number of unbranched alkanes of at least 4 members (excludes halogenated alkanes) is 4. The van der Waals surface area contributed by atoms with Gasteiger partial charge in [-0.3, -0.25) is 9.69 Å². The molecule has 0 aromatic carbocycles. The quantitative estimate of drug-likeness (QED) is 0.537. The predicted octanol–water partition coefficient (Wildman–Crippen LogP) is 3.60. The Morgan fingerprint density at radius 2 is 2.12 bits per heavy atom. The number of amides is 1. The maximum Gasteiger partial charge on any atom is 0.228 e. The van der Waals surface area contributed by atoms with Crippen LogP contribution in [0.25, 0.3) is 0 Å². The molecule has 1 amide bonds. The Labute approximate surface area is 108 Å². The van der Waals surface area contributed by atoms with E-state index in [4.69, 9.17) is 12.2 Å². The monoisotopic (exact) mass is 259 g/mol. The van der Waals surface area contributed by atoms with Gasteiger partial charge < -0.3 is 0 Å². The standard InChI is InChI=1S/C12H21NOS2/c1-2-3-4-5-6-8-11(14)13-9-7-10-16-12(13)15/h2-10H2,1H3. The molecule has 1 rings (SSSR count). The second-order valence-corrected chi connectivity index (χ2v) is 5.91. The van der Waals surface area contributed by atoms with E-state index in [0.717, 1.165) is 29.5 Å². The Bertz CT molecular complexity index is 243. The summed E-state index contributed by atoms with van der Waals surface area (Å²) in [4.78, 5) is 13.7. The molecule has 0 N–H and O–H groups in total. The minimum atomic E-state index is 0.230. The summed E-state index contributed by atoms with van der Waals surface area (Å²) in [5.41, 5.74) is 0. The van der Waals surface area contributed by atoms with Gasteiger partial charge in [-0.2, -0.15) is 0 Å². The van der Waals surface area contributed by atoms with Crippen molar-refractivity contribution in [2.75, 3.05) is 12.3 Å². The topological polar surface area (TPSA) is 20.3 Å². The number of hydrogen-bond donors (Lipinski definition) is 0. The predicted molar refractivity (Wildman–Crippen MR) is 74.8 cm³/mol. The first-order valence-corrected chi connectivity index (χ1v) is 7.62. The number of nitrogens with zero attached hydrogens (tertiary/aromatic N) is 1. The lowest BCUT2D eigenvalue weighted by atomic mass is 10.1. The molecule has 1 saturated heterocycles. The van der Waals surface area contributed by atoms with Crippen molar-refractivity contribution in [2.45, 2.75) is 51.9 Å². The van der Waals surface area contributed by atoms with Gasteiger partial charge in [0.05, 0.1) is 0 Å². The third kappa shape index (κ3) is 4.83. The van der Waals surface area contributed by atoms with Gasteiger partial charge in [-0.15, -0.1) is 0 Å². The molecule has 0 aromatic heterocycles. The van der Waals surface area contributed by atoms with Crippen LogP contribution in [0.4, 0.5) is 0 Å². The molecule has 4 heteroatoms. The highest BCUT2D eigenvalue weighted by atomic mass is 32.2. The zero-order chi connectivity index (χ0) is 11.8. The van der Waals surface area contributed by atoms with E-state index < -0.39 is 0 Å². The maximum atomic E-state index is 11.9. The molecule has 0 aromatic rings. The average Bonchev–Trinajstić information content (AvgIpc) is 2.29. The van der Waals surface area contributed by atoms with Gasteiger partial charge in [-0.05, 0) is 12.8 Å². The normalized spacial score (nSPS) is 16.6. The Morgan fingerprint density at radius 1 is 1.38 bits per heavy atom. The third-order valence-corrected chi connectivity index (χ3v) is 4.30. The van der Waals surface area contributed by atoms with Crippen molar-refractivity contribution in [1.82, 2.24) is 4.90 Å². The molecule has 0 saturated carbocycles. The summed E-state index contributed by atoms with van der Waals surface area (Å²) in [7, 11) is 0. The number of hydrogen-bond acceptors (Lipinski definition) is 3. The summed E-state index contributed by atoms with van der Waals surface area (Å²) < 4.78 is 0.782. The second kappa shape index (κ2) is 8.07. The van der Waals surface area contributed by atoms with E-state index in [1.165, 1.54) is 25.7 Å². The number of thioether (sulfide) groups is 1. The zero-order valence-electron chi connectivity index (χ0n) is 10.0. The van der Waals surface area contributed by atoms with Crippen LogP contribution in [-0.4, -0.2) is 27.4 Å². The highest BCUT2D eigenvalue weighted by Gasteiger charge is 2.21. The van der Waals surface area contributed by atoms with Crippen LogP contribution < -0.4 is 0 Å². The molecule has 0 spiro atoms. The minimum absolute atomic E-state index is 0.230. The molecule has 1 aliphatic heterocycles. The molecule has 2 nitrogen and oxygen atoms in total. The first kappa shape index (κ1) is 14.0. The van der Waals surface area contributed by atoms with E-state index in [-0.39, 0.29) is 5.91 Å². The Kier molecular flexibility index (Phi) is 7.05. The van der Waals surface area contributed by atoms with E-state index in [0.29, 0.717) is 6.42 Å². The summed E-state index contributed by atoms with van der Waals surface area (Å²) in [5.74, 6) is 1.30. The molecule has 92 valence electrons. The molecule has 0 bridgehead atoms. The highest BCUT2D eigenvalue weighted by molar-refractivity contribution is 8.23. The van der Waals surface area contributed by atoms with Crippen LogP contribution in [0.15, 0.2) is 0 Å². The number of thiocarbonyl (C=S) groups is 1. The molecule has 0 unspecified atom stereocenters. The number of carbonyl (C=O) groups excluding carboxylic acids is 1. The SMILES string of the molecule is CCCCCCCC(=O)N1CCCSC1=S. The van der Waals surface area contributed by atoms with E-state index in [2.05, 4.69) is 6.92 Å². The fraction of sp³-hybridized carbons (Fsp3) is 0.833. The van der Waals surface area contributed by atoms with Crippen molar-refractivity contribution in [1.29, 1.82) is 0 Å². The third-order valence-electron chi connectivity index (χ3n) is 2.77. The van der Waals surface area contributed by atoms with E-state index in [1.54, 1.807) is 16.7 Å². The molecular weight excluding hydrogens is 238 g/mol. The Balaban J connectivity index is 2.16. The molecule has 16 heavy (non-hydrogen) atoms. The molecule has 1 fully saturated rings. The molecule has 1 heterocycles. The number of carbonyl (C=O) groups is 1. The summed E-state index contributed by atoms with van der Waals surface area (Å²) in [6, 6.07) is 0. The second-order valence-electron chi connectivity index (χ2n) is 4.18. The zero-order valence-corrected chi connectivity index (χ0v) is 11.7. The average molecular weight is 259 g/mol. The van der Waals surface area contributed by atoms with Gasteiger partial charge in [0.25, 0.3) is 0 Å². The molecule has 0 atom stereocenters. The summed E-state index contributed by atoms with van der Waals surface area (Å²) >= 11 is 6.83. The van der Waals surface area contributed by atoms with Gasteiger partial charge in [0, 0.05) is 18.7 Å². The van der Waals surface area contributed by atoms with Crippen LogP contribution >= 0.6 is 24.0 Å². The lowest BCUT2D eigenvalue weighted by Gasteiger charge is -2.26. The van der Waals surface area contributed by atoms with Gasteiger partial charge >= 0.3 is 0 Å². The van der Waals surface area contributed by atoms with Crippen molar-refractivity contribution in [3.63, 3.8) is 0 Å². The largest absolute Gasteiger partial charge is 0.298 e. The van der Waals surface area contributed by atoms with Crippen LogP contribution in [0, 0.1) is 0 Å². The molecule has 1 aliphatic rings. The number of rotatable bonds is 6. The van der Waals surface area contributed by atoms with Gasteiger partial charge in [0.15, 0.2) is 0 Å². The maximum absolute atomic E-state index is 11.9. The van der Waals surface area contributed by atoms with E-state index in [9.17, 15) is 4.79 Å². The van der Waals surface area contributed by atoms with E-state index in [1.807, 2.05) is 0 Å². The smallest absolute Gasteiger partial charge is 0.228 e. The van der Waals surface area contributed by atoms with Gasteiger partial charge in [-0.25, -0.2) is 0 Å². The highest BCUT2D eigenvalue weighted by Crippen LogP contribution is 2.19. The van der Waals surface area contributed by atoms with Crippen molar-refractivity contribution < 1.29 is 4.79 Å². The van der Waals surface area contributed by atoms with Crippen LogP contribution in [0.5, 0.6) is 0 Å². The first-order valence-electron chi connectivity index (χ1n) is 6.23.